The van der Waals surface area contributed by atoms with Crippen LogP contribution in [0, 0.1) is 0 Å². The van der Waals surface area contributed by atoms with E-state index in [1.165, 1.54) is 6.33 Å². The molecule has 3 N–H and O–H groups in total. The Morgan fingerprint density at radius 3 is 2.71 bits per heavy atom. The van der Waals surface area contributed by atoms with Crippen molar-refractivity contribution in [2.24, 2.45) is 5.73 Å². The van der Waals surface area contributed by atoms with E-state index in [0.29, 0.717) is 23.0 Å². The normalized spacial score (nSPS) is 15.7. The van der Waals surface area contributed by atoms with Gasteiger partial charge in [-0.15, -0.1) is 0 Å². The lowest BCUT2D eigenvalue weighted by Gasteiger charge is -2.30. The van der Waals surface area contributed by atoms with Crippen LogP contribution in [0.25, 0.3) is 0 Å². The van der Waals surface area contributed by atoms with Gasteiger partial charge in [-0.2, -0.15) is 0 Å². The zero-order chi connectivity index (χ0) is 20.3. The first-order valence-electron chi connectivity index (χ1n) is 9.06. The van der Waals surface area contributed by atoms with Crippen LogP contribution in [-0.2, 0) is 9.53 Å². The van der Waals surface area contributed by atoms with E-state index < -0.39 is 11.9 Å². The Morgan fingerprint density at radius 1 is 1.29 bits per heavy atom. The molecule has 2 aromatic rings. The summed E-state index contributed by atoms with van der Waals surface area (Å²) in [5, 5.41) is 2.98. The Morgan fingerprint density at radius 2 is 2.04 bits per heavy atom. The molecule has 3 rings (SSSR count). The van der Waals surface area contributed by atoms with Gasteiger partial charge in [-0.1, -0.05) is 18.2 Å². The molecular formula is C20H24N4O4. The van der Waals surface area contributed by atoms with Gasteiger partial charge < -0.3 is 25.3 Å². The molecule has 1 atom stereocenters. The molecule has 1 aliphatic rings. The summed E-state index contributed by atoms with van der Waals surface area (Å²) in [6, 6.07) is 7.42. The summed E-state index contributed by atoms with van der Waals surface area (Å²) in [4.78, 5) is 21.4. The maximum Gasteiger partial charge on any atom is 0.338 e. The van der Waals surface area contributed by atoms with Gasteiger partial charge in [-0.05, 0) is 26.8 Å². The molecule has 0 radical (unpaired) electrons. The number of nitrogens with one attached hydrogen (secondary N) is 1. The van der Waals surface area contributed by atoms with Gasteiger partial charge in [0.2, 0.25) is 5.88 Å². The second-order valence-corrected chi connectivity index (χ2v) is 6.46. The molecule has 0 saturated carbocycles. The van der Waals surface area contributed by atoms with E-state index in [9.17, 15) is 4.79 Å². The number of hydrogen-bond acceptors (Lipinski definition) is 8. The largest absolute Gasteiger partial charge is 0.496 e. The van der Waals surface area contributed by atoms with Crippen molar-refractivity contribution in [1.82, 2.24) is 9.97 Å². The Balaban J connectivity index is 2.28. The van der Waals surface area contributed by atoms with Crippen LogP contribution in [0.3, 0.4) is 0 Å². The topological polar surface area (TPSA) is 109 Å². The highest BCUT2D eigenvalue weighted by Crippen LogP contribution is 2.46. The zero-order valence-electron chi connectivity index (χ0n) is 16.4. The minimum atomic E-state index is -0.610. The number of anilines is 1. The Bertz CT molecular complexity index is 911. The average Bonchev–Trinajstić information content (AvgIpc) is 2.66. The third kappa shape index (κ3) is 3.58. The Labute approximate surface area is 163 Å². The second kappa shape index (κ2) is 8.16. The molecule has 8 heteroatoms. The number of methoxy groups -OCH3 is 1. The van der Waals surface area contributed by atoms with Gasteiger partial charge in [-0.3, -0.25) is 0 Å². The maximum absolute atomic E-state index is 12.8. The minimum absolute atomic E-state index is 0.119. The number of aromatic nitrogens is 2. The van der Waals surface area contributed by atoms with Crippen molar-refractivity contribution in [3.8, 4) is 11.6 Å². The van der Waals surface area contributed by atoms with Crippen molar-refractivity contribution in [1.29, 1.82) is 0 Å². The van der Waals surface area contributed by atoms with Crippen LogP contribution >= 0.6 is 0 Å². The third-order valence-electron chi connectivity index (χ3n) is 4.26. The molecule has 0 spiro atoms. The maximum atomic E-state index is 12.8. The SMILES string of the molecule is CCOC(=O)C1=C(N)Nc2ncnc(OC(C)C)c2C1c1ccccc1OC. The van der Waals surface area contributed by atoms with Gasteiger partial charge in [0.1, 0.15) is 23.7 Å². The molecule has 28 heavy (non-hydrogen) atoms. The van der Waals surface area contributed by atoms with E-state index in [1.807, 2.05) is 38.1 Å². The summed E-state index contributed by atoms with van der Waals surface area (Å²) in [5.41, 5.74) is 7.83. The minimum Gasteiger partial charge on any atom is -0.496 e. The first-order chi connectivity index (χ1) is 13.5. The fourth-order valence-corrected chi connectivity index (χ4v) is 3.20. The van der Waals surface area contributed by atoms with Gasteiger partial charge in [0.05, 0.1) is 36.9 Å². The van der Waals surface area contributed by atoms with Gasteiger partial charge in [0.15, 0.2) is 0 Å². The van der Waals surface area contributed by atoms with Crippen molar-refractivity contribution < 1.29 is 19.0 Å². The molecule has 0 aliphatic carbocycles. The highest BCUT2D eigenvalue weighted by molar-refractivity contribution is 5.94. The summed E-state index contributed by atoms with van der Waals surface area (Å²) in [7, 11) is 1.57. The number of benzene rings is 1. The molecule has 0 fully saturated rings. The van der Waals surface area contributed by atoms with Crippen LogP contribution in [0.4, 0.5) is 5.82 Å². The summed E-state index contributed by atoms with van der Waals surface area (Å²) in [6.07, 6.45) is 1.28. The lowest BCUT2D eigenvalue weighted by molar-refractivity contribution is -0.138. The Hall–Kier alpha value is -3.29. The van der Waals surface area contributed by atoms with Crippen LogP contribution in [0.5, 0.6) is 11.6 Å². The van der Waals surface area contributed by atoms with E-state index >= 15 is 0 Å². The van der Waals surface area contributed by atoms with E-state index in [1.54, 1.807) is 14.0 Å². The van der Waals surface area contributed by atoms with Crippen LogP contribution in [-0.4, -0.2) is 35.8 Å². The Kier molecular flexibility index (Phi) is 5.67. The predicted octanol–water partition coefficient (Wildman–Crippen LogP) is 2.56. The fraction of sp³-hybridized carbons (Fsp3) is 0.350. The molecule has 0 bridgehead atoms. The first kappa shape index (κ1) is 19.5. The number of nitrogens with zero attached hydrogens (tertiary/aromatic N) is 2. The molecule has 1 aliphatic heterocycles. The van der Waals surface area contributed by atoms with Crippen LogP contribution in [0.15, 0.2) is 42.0 Å². The highest BCUT2D eigenvalue weighted by Gasteiger charge is 2.39. The fourth-order valence-electron chi connectivity index (χ4n) is 3.20. The van der Waals surface area contributed by atoms with Crippen molar-refractivity contribution >= 4 is 11.8 Å². The van der Waals surface area contributed by atoms with Crippen molar-refractivity contribution in [2.45, 2.75) is 32.8 Å². The van der Waals surface area contributed by atoms with E-state index in [-0.39, 0.29) is 24.1 Å². The first-order valence-corrected chi connectivity index (χ1v) is 9.06. The number of esters is 1. The summed E-state index contributed by atoms with van der Waals surface area (Å²) in [6.45, 7) is 5.77. The monoisotopic (exact) mass is 384 g/mol. The molecule has 2 heterocycles. The zero-order valence-corrected chi connectivity index (χ0v) is 16.4. The highest BCUT2D eigenvalue weighted by atomic mass is 16.5. The smallest absolute Gasteiger partial charge is 0.338 e. The third-order valence-corrected chi connectivity index (χ3v) is 4.26. The summed E-state index contributed by atoms with van der Waals surface area (Å²) in [5.74, 6) is 0.505. The van der Waals surface area contributed by atoms with Crippen LogP contribution < -0.4 is 20.5 Å². The second-order valence-electron chi connectivity index (χ2n) is 6.46. The molecule has 148 valence electrons. The standard InChI is InChI=1S/C20H24N4O4/c1-5-27-20(25)15-14(12-8-6-7-9-13(12)26-4)16-18(24-17(15)21)22-10-23-19(16)28-11(2)3/h6-11,14H,5,21H2,1-4H3,(H,22,23,24). The molecule has 1 aromatic heterocycles. The lowest BCUT2D eigenvalue weighted by Crippen LogP contribution is -2.30. The van der Waals surface area contributed by atoms with Crippen molar-refractivity contribution in [2.75, 3.05) is 19.0 Å². The van der Waals surface area contributed by atoms with Crippen molar-refractivity contribution in [3.63, 3.8) is 0 Å². The molecule has 8 nitrogen and oxygen atoms in total. The predicted molar refractivity (Wildman–Crippen MR) is 104 cm³/mol. The number of para-hydroxylation sites is 1. The van der Waals surface area contributed by atoms with E-state index in [4.69, 9.17) is 19.9 Å². The molecule has 1 aromatic carbocycles. The van der Waals surface area contributed by atoms with E-state index in [0.717, 1.165) is 5.56 Å². The van der Waals surface area contributed by atoms with Gasteiger partial charge in [0, 0.05) is 5.56 Å². The number of ether oxygens (including phenoxy) is 3. The number of rotatable bonds is 6. The van der Waals surface area contributed by atoms with E-state index in [2.05, 4.69) is 15.3 Å². The molecule has 0 amide bonds. The summed E-state index contributed by atoms with van der Waals surface area (Å²) >= 11 is 0. The van der Waals surface area contributed by atoms with Crippen molar-refractivity contribution in [3.05, 3.63) is 53.1 Å². The molecule has 0 saturated heterocycles. The number of carbonyl (C=O) groups excluding carboxylic acids is 1. The van der Waals surface area contributed by atoms with Gasteiger partial charge >= 0.3 is 5.97 Å². The van der Waals surface area contributed by atoms with Crippen LogP contribution in [0.1, 0.15) is 37.8 Å². The average molecular weight is 384 g/mol. The summed E-state index contributed by atoms with van der Waals surface area (Å²) < 4.78 is 16.7. The molecule has 1 unspecified atom stereocenters. The van der Waals surface area contributed by atoms with Crippen LogP contribution in [0.2, 0.25) is 0 Å². The van der Waals surface area contributed by atoms with Gasteiger partial charge in [-0.25, -0.2) is 14.8 Å². The lowest BCUT2D eigenvalue weighted by atomic mass is 9.82. The quantitative estimate of drug-likeness (QED) is 0.732. The number of carbonyl (C=O) groups is 1. The molecular weight excluding hydrogens is 360 g/mol. The number of hydrogen-bond donors (Lipinski definition) is 2. The number of nitrogens with two attached hydrogens (primary N) is 1. The number of fused-ring (bicyclic) bond motifs is 1. The van der Waals surface area contributed by atoms with Gasteiger partial charge in [0.25, 0.3) is 0 Å².